The molecule has 0 fully saturated rings. The molecule has 0 radical (unpaired) electrons. The zero-order chi connectivity index (χ0) is 18.3. The summed E-state index contributed by atoms with van der Waals surface area (Å²) in [5.41, 5.74) is 6.28. The van der Waals surface area contributed by atoms with Crippen molar-refractivity contribution in [1.29, 1.82) is 0 Å². The summed E-state index contributed by atoms with van der Waals surface area (Å²) in [5.74, 6) is 1.08. The first-order valence-corrected chi connectivity index (χ1v) is 8.68. The minimum absolute atomic E-state index is 0.0181. The summed E-state index contributed by atoms with van der Waals surface area (Å²) in [5, 5.41) is 11.0. The second-order valence-electron chi connectivity index (χ2n) is 6.37. The third-order valence-electron chi connectivity index (χ3n) is 3.58. The van der Waals surface area contributed by atoms with Crippen LogP contribution in [0.5, 0.6) is 5.75 Å². The van der Waals surface area contributed by atoms with Gasteiger partial charge in [0.2, 0.25) is 5.91 Å². The SMILES string of the molecule is COc1ccc(CSCC(=O)N(C)CC(C)(C)CN)cc1[N+](=O)[O-]. The van der Waals surface area contributed by atoms with E-state index in [-0.39, 0.29) is 22.8 Å². The lowest BCUT2D eigenvalue weighted by molar-refractivity contribution is -0.385. The number of ether oxygens (including phenoxy) is 1. The van der Waals surface area contributed by atoms with E-state index in [0.29, 0.717) is 24.6 Å². The van der Waals surface area contributed by atoms with E-state index in [4.69, 9.17) is 10.5 Å². The quantitative estimate of drug-likeness (QED) is 0.539. The Morgan fingerprint density at radius 1 is 1.46 bits per heavy atom. The lowest BCUT2D eigenvalue weighted by Crippen LogP contribution is -2.40. The van der Waals surface area contributed by atoms with E-state index >= 15 is 0 Å². The number of thioether (sulfide) groups is 1. The predicted octanol–water partition coefficient (Wildman–Crippen LogP) is 2.28. The number of carbonyl (C=O) groups excluding carboxylic acids is 1. The van der Waals surface area contributed by atoms with Crippen molar-refractivity contribution in [2.75, 3.05) is 33.0 Å². The number of methoxy groups -OCH3 is 1. The number of carbonyl (C=O) groups is 1. The maximum atomic E-state index is 12.1. The van der Waals surface area contributed by atoms with Crippen molar-refractivity contribution in [3.8, 4) is 5.75 Å². The molecule has 0 aliphatic carbocycles. The largest absolute Gasteiger partial charge is 0.490 e. The standard InChI is InChI=1S/C16H25N3O4S/c1-16(2,10-17)11-18(3)15(20)9-24-8-12-5-6-14(23-4)13(7-12)19(21)22/h5-7H,8-11,17H2,1-4H3. The zero-order valence-corrected chi connectivity index (χ0v) is 15.4. The van der Waals surface area contributed by atoms with Gasteiger partial charge in [-0.25, -0.2) is 0 Å². The average Bonchev–Trinajstić information content (AvgIpc) is 2.54. The average molecular weight is 355 g/mol. The Bertz CT molecular complexity index is 593. The summed E-state index contributed by atoms with van der Waals surface area (Å²) in [4.78, 5) is 24.4. The van der Waals surface area contributed by atoms with Crippen LogP contribution in [0.4, 0.5) is 5.69 Å². The highest BCUT2D eigenvalue weighted by molar-refractivity contribution is 7.99. The lowest BCUT2D eigenvalue weighted by atomic mass is 9.93. The number of hydrogen-bond acceptors (Lipinski definition) is 6. The number of rotatable bonds is 9. The summed E-state index contributed by atoms with van der Waals surface area (Å²) in [6, 6.07) is 4.83. The van der Waals surface area contributed by atoms with Gasteiger partial charge < -0.3 is 15.4 Å². The van der Waals surface area contributed by atoms with Crippen molar-refractivity contribution in [3.63, 3.8) is 0 Å². The second-order valence-corrected chi connectivity index (χ2v) is 7.36. The first kappa shape index (κ1) is 20.2. The number of benzene rings is 1. The predicted molar refractivity (Wildman–Crippen MR) is 96.3 cm³/mol. The van der Waals surface area contributed by atoms with Crippen LogP contribution in [0.15, 0.2) is 18.2 Å². The normalized spacial score (nSPS) is 11.2. The van der Waals surface area contributed by atoms with E-state index in [9.17, 15) is 14.9 Å². The Morgan fingerprint density at radius 2 is 2.12 bits per heavy atom. The summed E-state index contributed by atoms with van der Waals surface area (Å²) < 4.78 is 4.97. The van der Waals surface area contributed by atoms with E-state index in [1.807, 2.05) is 13.8 Å². The smallest absolute Gasteiger partial charge is 0.311 e. The van der Waals surface area contributed by atoms with Crippen molar-refractivity contribution in [3.05, 3.63) is 33.9 Å². The Morgan fingerprint density at radius 3 is 2.67 bits per heavy atom. The van der Waals surface area contributed by atoms with Gasteiger partial charge in [0, 0.05) is 25.4 Å². The van der Waals surface area contributed by atoms with Crippen LogP contribution in [-0.4, -0.2) is 48.7 Å². The van der Waals surface area contributed by atoms with Gasteiger partial charge in [-0.05, 0) is 23.6 Å². The molecule has 24 heavy (non-hydrogen) atoms. The molecular formula is C16H25N3O4S. The van der Waals surface area contributed by atoms with Gasteiger partial charge in [0.15, 0.2) is 5.75 Å². The minimum atomic E-state index is -0.471. The first-order chi connectivity index (χ1) is 11.2. The van der Waals surface area contributed by atoms with Crippen molar-refractivity contribution in [1.82, 2.24) is 4.90 Å². The van der Waals surface area contributed by atoms with Crippen LogP contribution in [0, 0.1) is 15.5 Å². The van der Waals surface area contributed by atoms with Gasteiger partial charge >= 0.3 is 5.69 Å². The molecule has 0 bridgehead atoms. The molecular weight excluding hydrogens is 330 g/mol. The van der Waals surface area contributed by atoms with Crippen molar-refractivity contribution in [2.45, 2.75) is 19.6 Å². The van der Waals surface area contributed by atoms with Crippen molar-refractivity contribution < 1.29 is 14.5 Å². The molecule has 0 saturated heterocycles. The number of nitro benzene ring substituents is 1. The summed E-state index contributed by atoms with van der Waals surface area (Å²) in [6.45, 7) is 5.13. The molecule has 2 N–H and O–H groups in total. The number of nitrogens with zero attached hydrogens (tertiary/aromatic N) is 2. The van der Waals surface area contributed by atoms with Gasteiger partial charge in [-0.2, -0.15) is 0 Å². The molecule has 0 aliphatic rings. The molecule has 0 spiro atoms. The fraction of sp³-hybridized carbons (Fsp3) is 0.562. The van der Waals surface area contributed by atoms with Crippen molar-refractivity contribution >= 4 is 23.4 Å². The maximum Gasteiger partial charge on any atom is 0.311 e. The fourth-order valence-electron chi connectivity index (χ4n) is 2.13. The maximum absolute atomic E-state index is 12.1. The minimum Gasteiger partial charge on any atom is -0.490 e. The number of nitrogens with two attached hydrogens (primary N) is 1. The molecule has 0 aliphatic heterocycles. The molecule has 1 rings (SSSR count). The molecule has 1 amide bonds. The molecule has 0 heterocycles. The van der Waals surface area contributed by atoms with Crippen molar-refractivity contribution in [2.24, 2.45) is 11.1 Å². The Balaban J connectivity index is 2.57. The molecule has 0 atom stereocenters. The van der Waals surface area contributed by atoms with Crippen LogP contribution < -0.4 is 10.5 Å². The molecule has 0 aromatic heterocycles. The molecule has 8 heteroatoms. The van der Waals surface area contributed by atoms with Crippen LogP contribution in [0.1, 0.15) is 19.4 Å². The van der Waals surface area contributed by atoms with Gasteiger partial charge in [0.05, 0.1) is 17.8 Å². The topological polar surface area (TPSA) is 98.7 Å². The summed E-state index contributed by atoms with van der Waals surface area (Å²) in [7, 11) is 3.16. The first-order valence-electron chi connectivity index (χ1n) is 7.53. The molecule has 7 nitrogen and oxygen atoms in total. The third-order valence-corrected chi connectivity index (χ3v) is 4.57. The third kappa shape index (κ3) is 6.01. The number of nitro groups is 1. The lowest BCUT2D eigenvalue weighted by Gasteiger charge is -2.29. The van der Waals surface area contributed by atoms with Crippen LogP contribution in [0.2, 0.25) is 0 Å². The van der Waals surface area contributed by atoms with Crippen LogP contribution in [0.3, 0.4) is 0 Å². The summed E-state index contributed by atoms with van der Waals surface area (Å²) >= 11 is 1.42. The number of amides is 1. The highest BCUT2D eigenvalue weighted by Gasteiger charge is 2.21. The van der Waals surface area contributed by atoms with E-state index in [0.717, 1.165) is 5.56 Å². The molecule has 1 aromatic carbocycles. The van der Waals surface area contributed by atoms with Gasteiger partial charge in [0.25, 0.3) is 0 Å². The van der Waals surface area contributed by atoms with E-state index in [2.05, 4.69) is 0 Å². The van der Waals surface area contributed by atoms with Gasteiger partial charge in [-0.3, -0.25) is 14.9 Å². The number of hydrogen-bond donors (Lipinski definition) is 1. The molecule has 134 valence electrons. The van der Waals surface area contributed by atoms with Gasteiger partial charge in [0.1, 0.15) is 0 Å². The van der Waals surface area contributed by atoms with E-state index in [1.165, 1.54) is 24.9 Å². The Labute approximate surface area is 146 Å². The zero-order valence-electron chi connectivity index (χ0n) is 14.6. The van der Waals surface area contributed by atoms with Crippen LogP contribution >= 0.6 is 11.8 Å². The Hall–Kier alpha value is -1.80. The second kappa shape index (κ2) is 8.89. The monoisotopic (exact) mass is 355 g/mol. The summed E-state index contributed by atoms with van der Waals surface area (Å²) in [6.07, 6.45) is 0. The van der Waals surface area contributed by atoms with E-state index in [1.54, 1.807) is 24.1 Å². The fourth-order valence-corrected chi connectivity index (χ4v) is 3.04. The highest BCUT2D eigenvalue weighted by Crippen LogP contribution is 2.29. The molecule has 0 saturated carbocycles. The van der Waals surface area contributed by atoms with Crippen LogP contribution in [0.25, 0.3) is 0 Å². The van der Waals surface area contributed by atoms with Gasteiger partial charge in [-0.15, -0.1) is 11.8 Å². The Kier molecular flexibility index (Phi) is 7.50. The van der Waals surface area contributed by atoms with E-state index < -0.39 is 4.92 Å². The van der Waals surface area contributed by atoms with Gasteiger partial charge in [-0.1, -0.05) is 19.9 Å². The van der Waals surface area contributed by atoms with Crippen LogP contribution in [-0.2, 0) is 10.5 Å². The molecule has 1 aromatic rings. The highest BCUT2D eigenvalue weighted by atomic mass is 32.2. The molecule has 0 unspecified atom stereocenters.